The monoisotopic (exact) mass is 170 g/mol. The van der Waals surface area contributed by atoms with Gasteiger partial charge in [0.05, 0.1) is 0 Å². The number of nitrogens with zero attached hydrogens (tertiary/aromatic N) is 1. The molecule has 1 saturated heterocycles. The molecule has 0 atom stereocenters. The van der Waals surface area contributed by atoms with Crippen molar-refractivity contribution in [2.45, 2.75) is 26.4 Å². The van der Waals surface area contributed by atoms with Crippen molar-refractivity contribution in [3.05, 3.63) is 6.92 Å². The molecule has 1 aliphatic rings. The molecule has 1 heterocycles. The molecular formula is C9H16NO2. The third-order valence-electron chi connectivity index (χ3n) is 1.61. The van der Waals surface area contributed by atoms with Crippen LogP contribution in [0.25, 0.3) is 0 Å². The second-order valence-corrected chi connectivity index (χ2v) is 4.25. The Balaban J connectivity index is 2.30. The van der Waals surface area contributed by atoms with Crippen LogP contribution in [0.1, 0.15) is 20.8 Å². The Labute approximate surface area is 73.7 Å². The van der Waals surface area contributed by atoms with Gasteiger partial charge in [-0.25, -0.2) is 4.79 Å². The number of rotatable bonds is 0. The van der Waals surface area contributed by atoms with Gasteiger partial charge in [0, 0.05) is 13.1 Å². The first-order valence-corrected chi connectivity index (χ1v) is 4.19. The first-order chi connectivity index (χ1) is 5.38. The van der Waals surface area contributed by atoms with Crippen LogP contribution in [0.3, 0.4) is 0 Å². The Bertz CT molecular complexity index is 177. The number of carbonyl (C=O) groups is 1. The predicted octanol–water partition coefficient (Wildman–Crippen LogP) is 1.69. The number of amides is 1. The van der Waals surface area contributed by atoms with Crippen LogP contribution in [0, 0.1) is 12.8 Å². The summed E-state index contributed by atoms with van der Waals surface area (Å²) < 4.78 is 5.15. The molecule has 0 bridgehead atoms. The zero-order valence-electron chi connectivity index (χ0n) is 7.96. The minimum Gasteiger partial charge on any atom is -0.444 e. The average Bonchev–Trinajstić information content (AvgIpc) is 1.76. The van der Waals surface area contributed by atoms with Crippen LogP contribution in [0.5, 0.6) is 0 Å². The lowest BCUT2D eigenvalue weighted by molar-refractivity contribution is 0.00459. The smallest absolute Gasteiger partial charge is 0.410 e. The number of hydrogen-bond acceptors (Lipinski definition) is 2. The number of ether oxygens (including phenoxy) is 1. The summed E-state index contributed by atoms with van der Waals surface area (Å²) in [6, 6.07) is 0. The summed E-state index contributed by atoms with van der Waals surface area (Å²) >= 11 is 0. The average molecular weight is 170 g/mol. The first kappa shape index (κ1) is 9.36. The molecule has 1 rings (SSSR count). The molecule has 12 heavy (non-hydrogen) atoms. The van der Waals surface area contributed by atoms with Crippen molar-refractivity contribution in [3.63, 3.8) is 0 Å². The van der Waals surface area contributed by atoms with Gasteiger partial charge >= 0.3 is 6.09 Å². The van der Waals surface area contributed by atoms with Crippen molar-refractivity contribution in [1.29, 1.82) is 0 Å². The van der Waals surface area contributed by atoms with E-state index in [0.29, 0.717) is 5.92 Å². The summed E-state index contributed by atoms with van der Waals surface area (Å²) in [5.41, 5.74) is -0.386. The van der Waals surface area contributed by atoms with E-state index in [4.69, 9.17) is 4.74 Å². The van der Waals surface area contributed by atoms with E-state index in [1.807, 2.05) is 20.8 Å². The third kappa shape index (κ3) is 2.40. The molecule has 0 spiro atoms. The van der Waals surface area contributed by atoms with Gasteiger partial charge in [-0.05, 0) is 33.6 Å². The molecule has 0 N–H and O–H groups in total. The Morgan fingerprint density at radius 1 is 1.50 bits per heavy atom. The van der Waals surface area contributed by atoms with Crippen LogP contribution in [0.4, 0.5) is 4.79 Å². The number of hydrogen-bond donors (Lipinski definition) is 0. The van der Waals surface area contributed by atoms with E-state index in [0.717, 1.165) is 13.1 Å². The lowest BCUT2D eigenvalue weighted by atomic mass is 10.0. The van der Waals surface area contributed by atoms with Crippen molar-refractivity contribution in [2.75, 3.05) is 13.1 Å². The zero-order valence-corrected chi connectivity index (χ0v) is 7.96. The second-order valence-electron chi connectivity index (χ2n) is 4.25. The molecule has 1 aliphatic heterocycles. The SMILES string of the molecule is [CH2]C1CN(C(=O)OC(C)(C)C)C1. The van der Waals surface area contributed by atoms with Gasteiger partial charge in [-0.2, -0.15) is 0 Å². The molecule has 69 valence electrons. The van der Waals surface area contributed by atoms with E-state index < -0.39 is 0 Å². The van der Waals surface area contributed by atoms with Gasteiger partial charge < -0.3 is 9.64 Å². The fourth-order valence-corrected chi connectivity index (χ4v) is 1.05. The normalized spacial score (nSPS) is 18.8. The summed E-state index contributed by atoms with van der Waals surface area (Å²) in [4.78, 5) is 12.9. The van der Waals surface area contributed by atoms with Crippen LogP contribution in [0.15, 0.2) is 0 Å². The fraction of sp³-hybridized carbons (Fsp3) is 0.778. The van der Waals surface area contributed by atoms with E-state index in [9.17, 15) is 4.79 Å². The van der Waals surface area contributed by atoms with Crippen LogP contribution < -0.4 is 0 Å². The second kappa shape index (κ2) is 2.96. The van der Waals surface area contributed by atoms with E-state index in [1.54, 1.807) is 4.90 Å². The maximum Gasteiger partial charge on any atom is 0.410 e. The molecule has 0 saturated carbocycles. The molecular weight excluding hydrogens is 154 g/mol. The minimum absolute atomic E-state index is 0.220. The molecule has 0 aromatic heterocycles. The lowest BCUT2D eigenvalue weighted by Crippen LogP contribution is -2.50. The molecule has 0 unspecified atom stereocenters. The Morgan fingerprint density at radius 3 is 2.33 bits per heavy atom. The minimum atomic E-state index is -0.386. The summed E-state index contributed by atoms with van der Waals surface area (Å²) in [5.74, 6) is 0.387. The fourth-order valence-electron chi connectivity index (χ4n) is 1.05. The largest absolute Gasteiger partial charge is 0.444 e. The highest BCUT2D eigenvalue weighted by molar-refractivity contribution is 5.69. The number of likely N-dealkylation sites (tertiary alicyclic amines) is 1. The van der Waals surface area contributed by atoms with E-state index in [-0.39, 0.29) is 11.7 Å². The quantitative estimate of drug-likeness (QED) is 0.553. The maximum absolute atomic E-state index is 11.3. The Hall–Kier alpha value is -0.730. The van der Waals surface area contributed by atoms with Crippen molar-refractivity contribution in [2.24, 2.45) is 5.92 Å². The van der Waals surface area contributed by atoms with Gasteiger partial charge in [0.1, 0.15) is 5.60 Å². The molecule has 0 aliphatic carbocycles. The predicted molar refractivity (Wildman–Crippen MR) is 46.7 cm³/mol. The van der Waals surface area contributed by atoms with Gasteiger partial charge in [0.15, 0.2) is 0 Å². The van der Waals surface area contributed by atoms with Crippen molar-refractivity contribution in [1.82, 2.24) is 4.90 Å². The highest BCUT2D eigenvalue weighted by Gasteiger charge is 2.30. The molecule has 0 aromatic carbocycles. The molecule has 3 nitrogen and oxygen atoms in total. The van der Waals surface area contributed by atoms with Gasteiger partial charge in [0.25, 0.3) is 0 Å². The van der Waals surface area contributed by atoms with E-state index in [1.165, 1.54) is 0 Å². The summed E-state index contributed by atoms with van der Waals surface area (Å²) in [7, 11) is 0. The Kier molecular flexibility index (Phi) is 2.31. The summed E-state index contributed by atoms with van der Waals surface area (Å²) in [5, 5.41) is 0. The van der Waals surface area contributed by atoms with E-state index in [2.05, 4.69) is 6.92 Å². The maximum atomic E-state index is 11.3. The van der Waals surface area contributed by atoms with Gasteiger partial charge in [0.2, 0.25) is 0 Å². The standard InChI is InChI=1S/C9H16NO2/c1-7-5-10(6-7)8(11)12-9(2,3)4/h7H,1,5-6H2,2-4H3. The van der Waals surface area contributed by atoms with Crippen LogP contribution in [0.2, 0.25) is 0 Å². The highest BCUT2D eigenvalue weighted by Crippen LogP contribution is 2.17. The number of carbonyl (C=O) groups excluding carboxylic acids is 1. The van der Waals surface area contributed by atoms with Gasteiger partial charge in [-0.15, -0.1) is 0 Å². The van der Waals surface area contributed by atoms with Crippen molar-refractivity contribution in [3.8, 4) is 0 Å². The highest BCUT2D eigenvalue weighted by atomic mass is 16.6. The van der Waals surface area contributed by atoms with E-state index >= 15 is 0 Å². The summed E-state index contributed by atoms with van der Waals surface area (Å²) in [6.07, 6.45) is -0.220. The first-order valence-electron chi connectivity index (χ1n) is 4.19. The van der Waals surface area contributed by atoms with Crippen molar-refractivity contribution >= 4 is 6.09 Å². The molecule has 1 fully saturated rings. The zero-order chi connectivity index (χ0) is 9.35. The van der Waals surface area contributed by atoms with Crippen LogP contribution in [-0.2, 0) is 4.74 Å². The van der Waals surface area contributed by atoms with Gasteiger partial charge in [-0.1, -0.05) is 0 Å². The van der Waals surface area contributed by atoms with Crippen LogP contribution in [-0.4, -0.2) is 29.7 Å². The van der Waals surface area contributed by atoms with Crippen LogP contribution >= 0.6 is 0 Å². The Morgan fingerprint density at radius 2 is 2.00 bits per heavy atom. The van der Waals surface area contributed by atoms with Gasteiger partial charge in [-0.3, -0.25) is 0 Å². The molecule has 3 heteroatoms. The summed E-state index contributed by atoms with van der Waals surface area (Å²) in [6.45, 7) is 10.9. The topological polar surface area (TPSA) is 29.5 Å². The molecule has 1 radical (unpaired) electrons. The molecule has 1 amide bonds. The third-order valence-corrected chi connectivity index (χ3v) is 1.61. The molecule has 0 aromatic rings. The lowest BCUT2D eigenvalue weighted by Gasteiger charge is -2.37. The van der Waals surface area contributed by atoms with Crippen molar-refractivity contribution < 1.29 is 9.53 Å².